The summed E-state index contributed by atoms with van der Waals surface area (Å²) in [5.74, 6) is -1.04. The smallest absolute Gasteiger partial charge is 0.306 e. The molecule has 4 heteroatoms. The SMILES string of the molecule is C=CCN(C(=O)[C@H]1CC[C@@H](C(=O)O)C1)C1CC1. The Morgan fingerprint density at radius 3 is 2.35 bits per heavy atom. The van der Waals surface area contributed by atoms with Crippen molar-refractivity contribution in [2.75, 3.05) is 6.54 Å². The van der Waals surface area contributed by atoms with Gasteiger partial charge in [-0.25, -0.2) is 0 Å². The lowest BCUT2D eigenvalue weighted by Crippen LogP contribution is -2.37. The summed E-state index contributed by atoms with van der Waals surface area (Å²) in [6.07, 6.45) is 5.77. The van der Waals surface area contributed by atoms with Crippen LogP contribution in [0.1, 0.15) is 32.1 Å². The number of hydrogen-bond donors (Lipinski definition) is 1. The molecule has 0 aromatic heterocycles. The minimum Gasteiger partial charge on any atom is -0.481 e. The first-order chi connectivity index (χ1) is 8.13. The quantitative estimate of drug-likeness (QED) is 0.740. The highest BCUT2D eigenvalue weighted by atomic mass is 16.4. The van der Waals surface area contributed by atoms with Crippen LogP contribution in [0.4, 0.5) is 0 Å². The lowest BCUT2D eigenvalue weighted by molar-refractivity contribution is -0.141. The van der Waals surface area contributed by atoms with Crippen LogP contribution in [-0.2, 0) is 9.59 Å². The van der Waals surface area contributed by atoms with E-state index in [0.29, 0.717) is 25.4 Å². The molecule has 2 aliphatic carbocycles. The summed E-state index contributed by atoms with van der Waals surface area (Å²) in [4.78, 5) is 25.0. The summed E-state index contributed by atoms with van der Waals surface area (Å²) in [6, 6.07) is 0.379. The Morgan fingerprint density at radius 1 is 1.24 bits per heavy atom. The third-order valence-electron chi connectivity index (χ3n) is 3.73. The minimum absolute atomic E-state index is 0.0864. The molecule has 2 saturated carbocycles. The molecular weight excluding hydrogens is 218 g/mol. The zero-order valence-corrected chi connectivity index (χ0v) is 9.97. The van der Waals surface area contributed by atoms with Crippen LogP contribution in [-0.4, -0.2) is 34.5 Å². The molecule has 2 rings (SSSR count). The first kappa shape index (κ1) is 12.1. The molecular formula is C13H19NO3. The first-order valence-electron chi connectivity index (χ1n) is 6.27. The Hall–Kier alpha value is -1.32. The second-order valence-corrected chi connectivity index (χ2v) is 5.06. The van der Waals surface area contributed by atoms with Crippen molar-refractivity contribution < 1.29 is 14.7 Å². The van der Waals surface area contributed by atoms with Crippen LogP contribution in [0.25, 0.3) is 0 Å². The molecule has 0 aromatic rings. The van der Waals surface area contributed by atoms with Crippen molar-refractivity contribution in [3.63, 3.8) is 0 Å². The van der Waals surface area contributed by atoms with Crippen molar-refractivity contribution in [3.8, 4) is 0 Å². The van der Waals surface area contributed by atoms with Gasteiger partial charge < -0.3 is 10.0 Å². The standard InChI is InChI=1S/C13H19NO3/c1-2-7-14(11-5-6-11)12(15)9-3-4-10(8-9)13(16)17/h2,9-11H,1,3-8H2,(H,16,17)/t9-,10+/m0/s1. The van der Waals surface area contributed by atoms with E-state index in [1.807, 2.05) is 4.90 Å². The van der Waals surface area contributed by atoms with E-state index in [1.165, 1.54) is 0 Å². The van der Waals surface area contributed by atoms with Crippen LogP contribution < -0.4 is 0 Å². The van der Waals surface area contributed by atoms with E-state index >= 15 is 0 Å². The van der Waals surface area contributed by atoms with Crippen molar-refractivity contribution in [2.45, 2.75) is 38.1 Å². The molecule has 0 spiro atoms. The molecule has 4 nitrogen and oxygen atoms in total. The Balaban J connectivity index is 1.94. The molecule has 17 heavy (non-hydrogen) atoms. The molecule has 1 N–H and O–H groups in total. The van der Waals surface area contributed by atoms with Crippen molar-refractivity contribution in [2.24, 2.45) is 11.8 Å². The minimum atomic E-state index is -0.762. The van der Waals surface area contributed by atoms with Crippen molar-refractivity contribution in [3.05, 3.63) is 12.7 Å². The highest BCUT2D eigenvalue weighted by molar-refractivity contribution is 5.81. The van der Waals surface area contributed by atoms with E-state index in [1.54, 1.807) is 6.08 Å². The molecule has 0 radical (unpaired) electrons. The Morgan fingerprint density at radius 2 is 1.88 bits per heavy atom. The zero-order valence-electron chi connectivity index (χ0n) is 9.97. The predicted molar refractivity (Wildman–Crippen MR) is 63.4 cm³/mol. The van der Waals surface area contributed by atoms with Gasteiger partial charge in [0.2, 0.25) is 5.91 Å². The molecule has 1 amide bonds. The summed E-state index contributed by atoms with van der Waals surface area (Å²) in [5.41, 5.74) is 0. The molecule has 0 heterocycles. The molecule has 2 aliphatic rings. The van der Waals surface area contributed by atoms with Gasteiger partial charge in [0.1, 0.15) is 0 Å². The Kier molecular flexibility index (Phi) is 3.50. The fourth-order valence-corrected chi connectivity index (χ4v) is 2.61. The second-order valence-electron chi connectivity index (χ2n) is 5.06. The van der Waals surface area contributed by atoms with Gasteiger partial charge >= 0.3 is 5.97 Å². The van der Waals surface area contributed by atoms with Crippen LogP contribution in [0.3, 0.4) is 0 Å². The predicted octanol–water partition coefficient (Wildman–Crippen LogP) is 1.66. The molecule has 0 aliphatic heterocycles. The fourth-order valence-electron chi connectivity index (χ4n) is 2.61. The average molecular weight is 237 g/mol. The summed E-state index contributed by atoms with van der Waals surface area (Å²) in [6.45, 7) is 4.27. The number of carboxylic acid groups (broad SMARTS) is 1. The molecule has 0 saturated heterocycles. The van der Waals surface area contributed by atoms with Gasteiger partial charge in [0.05, 0.1) is 5.92 Å². The van der Waals surface area contributed by atoms with Gasteiger partial charge in [-0.2, -0.15) is 0 Å². The van der Waals surface area contributed by atoms with Crippen molar-refractivity contribution in [1.82, 2.24) is 4.90 Å². The number of carbonyl (C=O) groups is 2. The maximum Gasteiger partial charge on any atom is 0.306 e. The van der Waals surface area contributed by atoms with Crippen molar-refractivity contribution in [1.29, 1.82) is 0 Å². The van der Waals surface area contributed by atoms with E-state index in [9.17, 15) is 9.59 Å². The van der Waals surface area contributed by atoms with Crippen LogP contribution in [0.5, 0.6) is 0 Å². The summed E-state index contributed by atoms with van der Waals surface area (Å²) < 4.78 is 0. The van der Waals surface area contributed by atoms with Crippen LogP contribution in [0, 0.1) is 11.8 Å². The molecule has 2 atom stereocenters. The fraction of sp³-hybridized carbons (Fsp3) is 0.692. The molecule has 0 aromatic carbocycles. The van der Waals surface area contributed by atoms with Crippen LogP contribution in [0.2, 0.25) is 0 Å². The van der Waals surface area contributed by atoms with E-state index in [-0.39, 0.29) is 17.7 Å². The number of hydrogen-bond acceptors (Lipinski definition) is 2. The number of amides is 1. The third kappa shape index (κ3) is 2.68. The number of carboxylic acids is 1. The molecule has 94 valence electrons. The van der Waals surface area contributed by atoms with Gasteiger partial charge in [-0.15, -0.1) is 6.58 Å². The average Bonchev–Trinajstić information content (AvgIpc) is 3.00. The zero-order chi connectivity index (χ0) is 12.4. The summed E-state index contributed by atoms with van der Waals surface area (Å²) in [5, 5.41) is 8.94. The highest BCUT2D eigenvalue weighted by Crippen LogP contribution is 2.35. The second kappa shape index (κ2) is 4.90. The molecule has 0 bridgehead atoms. The molecule has 0 unspecified atom stereocenters. The van der Waals surface area contributed by atoms with Gasteiger partial charge in [-0.05, 0) is 32.1 Å². The van der Waals surface area contributed by atoms with Gasteiger partial charge in [-0.3, -0.25) is 9.59 Å². The van der Waals surface area contributed by atoms with Gasteiger partial charge in [0.15, 0.2) is 0 Å². The largest absolute Gasteiger partial charge is 0.481 e. The lowest BCUT2D eigenvalue weighted by atomic mass is 10.0. The number of aliphatic carboxylic acids is 1. The third-order valence-corrected chi connectivity index (χ3v) is 3.73. The van der Waals surface area contributed by atoms with Gasteiger partial charge in [0.25, 0.3) is 0 Å². The van der Waals surface area contributed by atoms with Crippen LogP contribution in [0.15, 0.2) is 12.7 Å². The first-order valence-corrected chi connectivity index (χ1v) is 6.27. The number of carbonyl (C=O) groups excluding carboxylic acids is 1. The normalized spacial score (nSPS) is 27.8. The van der Waals surface area contributed by atoms with Crippen LogP contribution >= 0.6 is 0 Å². The van der Waals surface area contributed by atoms with Gasteiger partial charge in [0, 0.05) is 18.5 Å². The molecule has 2 fully saturated rings. The summed E-state index contributed by atoms with van der Waals surface area (Å²) in [7, 11) is 0. The highest BCUT2D eigenvalue weighted by Gasteiger charge is 2.39. The van der Waals surface area contributed by atoms with Crippen molar-refractivity contribution >= 4 is 11.9 Å². The topological polar surface area (TPSA) is 57.6 Å². The lowest BCUT2D eigenvalue weighted by Gasteiger charge is -2.24. The van der Waals surface area contributed by atoms with Gasteiger partial charge in [-0.1, -0.05) is 6.08 Å². The number of rotatable bonds is 5. The monoisotopic (exact) mass is 237 g/mol. The summed E-state index contributed by atoms with van der Waals surface area (Å²) >= 11 is 0. The number of nitrogens with zero attached hydrogens (tertiary/aromatic N) is 1. The van der Waals surface area contributed by atoms with E-state index in [0.717, 1.165) is 19.3 Å². The van der Waals surface area contributed by atoms with E-state index in [4.69, 9.17) is 5.11 Å². The maximum absolute atomic E-state index is 12.3. The Labute approximate surface area is 101 Å². The Bertz CT molecular complexity index is 336. The maximum atomic E-state index is 12.3. The van der Waals surface area contributed by atoms with E-state index < -0.39 is 5.97 Å². The van der Waals surface area contributed by atoms with E-state index in [2.05, 4.69) is 6.58 Å².